The van der Waals surface area contributed by atoms with Gasteiger partial charge in [0.1, 0.15) is 5.60 Å². The first-order valence-electron chi connectivity index (χ1n) is 7.23. The van der Waals surface area contributed by atoms with Gasteiger partial charge >= 0.3 is 5.97 Å². The van der Waals surface area contributed by atoms with Gasteiger partial charge in [0, 0.05) is 25.4 Å². The van der Waals surface area contributed by atoms with Crippen LogP contribution in [0.4, 0.5) is 0 Å². The molecule has 1 aliphatic rings. The van der Waals surface area contributed by atoms with Crippen LogP contribution in [-0.4, -0.2) is 41.2 Å². The molecule has 0 spiro atoms. The Morgan fingerprint density at radius 2 is 2.05 bits per heavy atom. The number of likely N-dealkylation sites (N-methyl/N-ethyl adjacent to an activating group) is 1. The van der Waals surface area contributed by atoms with Crippen molar-refractivity contribution in [2.24, 2.45) is 5.92 Å². The smallest absolute Gasteiger partial charge is 0.303 e. The molecule has 2 atom stereocenters. The van der Waals surface area contributed by atoms with Crippen molar-refractivity contribution in [1.29, 1.82) is 0 Å². The summed E-state index contributed by atoms with van der Waals surface area (Å²) in [6.07, 6.45) is 2.98. The van der Waals surface area contributed by atoms with Crippen molar-refractivity contribution in [2.45, 2.75) is 25.4 Å². The van der Waals surface area contributed by atoms with Crippen molar-refractivity contribution < 1.29 is 15.0 Å². The lowest BCUT2D eigenvalue weighted by atomic mass is 9.82. The maximum absolute atomic E-state index is 10.8. The van der Waals surface area contributed by atoms with E-state index in [9.17, 15) is 9.90 Å². The number of carboxylic acids is 1. The van der Waals surface area contributed by atoms with E-state index in [1.54, 1.807) is 6.92 Å². The van der Waals surface area contributed by atoms with Gasteiger partial charge < -0.3 is 15.1 Å². The monoisotopic (exact) mass is 291 g/mol. The van der Waals surface area contributed by atoms with Gasteiger partial charge in [-0.3, -0.25) is 4.79 Å². The highest BCUT2D eigenvalue weighted by Crippen LogP contribution is 2.38. The summed E-state index contributed by atoms with van der Waals surface area (Å²) in [7, 11) is 2.05. The number of benzene rings is 1. The van der Waals surface area contributed by atoms with Gasteiger partial charge in [-0.2, -0.15) is 0 Å². The third kappa shape index (κ3) is 4.69. The summed E-state index contributed by atoms with van der Waals surface area (Å²) in [5.41, 5.74) is 0.302. The minimum absolute atomic E-state index is 0.222. The normalized spacial score (nSPS) is 25.0. The van der Waals surface area contributed by atoms with Crippen molar-refractivity contribution >= 4 is 5.97 Å². The molecule has 1 saturated heterocycles. The quantitative estimate of drug-likeness (QED) is 0.837. The molecule has 1 aromatic carbocycles. The summed E-state index contributed by atoms with van der Waals surface area (Å²) in [6, 6.07) is 9.96. The predicted octanol–water partition coefficient (Wildman–Crippen LogP) is 2.49. The fraction of sp³-hybridized carbons (Fsp3) is 0.471. The second-order valence-corrected chi connectivity index (χ2v) is 5.46. The SMILES string of the molecule is C=CCC1CN(C)CC1(O)c1ccccc1.CCC(=O)O. The second-order valence-electron chi connectivity index (χ2n) is 5.46. The highest BCUT2D eigenvalue weighted by molar-refractivity contribution is 5.66. The van der Waals surface area contributed by atoms with E-state index in [-0.39, 0.29) is 12.3 Å². The van der Waals surface area contributed by atoms with E-state index in [0.717, 1.165) is 18.5 Å². The Kier molecular flexibility index (Phi) is 6.59. The fourth-order valence-corrected chi connectivity index (χ4v) is 2.66. The maximum atomic E-state index is 10.8. The molecule has 116 valence electrons. The minimum atomic E-state index is -0.745. The summed E-state index contributed by atoms with van der Waals surface area (Å²) < 4.78 is 0. The molecule has 4 heteroatoms. The maximum Gasteiger partial charge on any atom is 0.303 e. The molecule has 2 rings (SSSR count). The zero-order chi connectivity index (χ0) is 15.9. The van der Waals surface area contributed by atoms with Gasteiger partial charge in [-0.05, 0) is 19.0 Å². The van der Waals surface area contributed by atoms with Gasteiger partial charge in [0.25, 0.3) is 0 Å². The predicted molar refractivity (Wildman–Crippen MR) is 84.1 cm³/mol. The van der Waals surface area contributed by atoms with Gasteiger partial charge in [-0.15, -0.1) is 6.58 Å². The van der Waals surface area contributed by atoms with Gasteiger partial charge in [-0.25, -0.2) is 0 Å². The molecule has 0 aliphatic carbocycles. The minimum Gasteiger partial charge on any atom is -0.481 e. The zero-order valence-electron chi connectivity index (χ0n) is 12.8. The second kappa shape index (κ2) is 7.96. The Morgan fingerprint density at radius 3 is 2.52 bits per heavy atom. The van der Waals surface area contributed by atoms with Crippen LogP contribution in [0.2, 0.25) is 0 Å². The van der Waals surface area contributed by atoms with Gasteiger partial charge in [0.2, 0.25) is 0 Å². The van der Waals surface area contributed by atoms with Crippen LogP contribution in [0.3, 0.4) is 0 Å². The summed E-state index contributed by atoms with van der Waals surface area (Å²) in [6.45, 7) is 7.01. The molecule has 0 bridgehead atoms. The molecular formula is C17H25NO3. The lowest BCUT2D eigenvalue weighted by Gasteiger charge is -2.29. The van der Waals surface area contributed by atoms with E-state index in [2.05, 4.69) is 18.5 Å². The summed E-state index contributed by atoms with van der Waals surface area (Å²) in [4.78, 5) is 11.5. The Morgan fingerprint density at radius 1 is 1.48 bits per heavy atom. The van der Waals surface area contributed by atoms with Crippen molar-refractivity contribution in [2.75, 3.05) is 20.1 Å². The molecule has 1 aliphatic heterocycles. The van der Waals surface area contributed by atoms with E-state index in [1.807, 2.05) is 36.4 Å². The van der Waals surface area contributed by atoms with Crippen LogP contribution in [-0.2, 0) is 10.4 Å². The number of allylic oxidation sites excluding steroid dienone is 1. The van der Waals surface area contributed by atoms with Crippen molar-refractivity contribution in [3.63, 3.8) is 0 Å². The molecular weight excluding hydrogens is 266 g/mol. The number of hydrogen-bond acceptors (Lipinski definition) is 3. The number of rotatable bonds is 4. The highest BCUT2D eigenvalue weighted by Gasteiger charge is 2.44. The van der Waals surface area contributed by atoms with Crippen LogP contribution in [0.15, 0.2) is 43.0 Å². The van der Waals surface area contributed by atoms with Crippen LogP contribution >= 0.6 is 0 Å². The summed E-state index contributed by atoms with van der Waals surface area (Å²) in [5, 5.41) is 18.6. The van der Waals surface area contributed by atoms with E-state index >= 15 is 0 Å². The molecule has 0 aromatic heterocycles. The number of β-amino-alcohol motifs (C(OH)–C–C–N with tert-alkyl or cyclic N) is 1. The van der Waals surface area contributed by atoms with Crippen molar-refractivity contribution in [3.05, 3.63) is 48.6 Å². The number of likely N-dealkylation sites (tertiary alicyclic amines) is 1. The average molecular weight is 291 g/mol. The Labute approximate surface area is 126 Å². The Bertz CT molecular complexity index is 460. The van der Waals surface area contributed by atoms with E-state index < -0.39 is 11.6 Å². The number of carboxylic acid groups (broad SMARTS) is 1. The van der Waals surface area contributed by atoms with E-state index in [0.29, 0.717) is 6.54 Å². The molecule has 1 aromatic rings. The third-order valence-electron chi connectivity index (χ3n) is 3.75. The zero-order valence-corrected chi connectivity index (χ0v) is 12.8. The summed E-state index contributed by atoms with van der Waals surface area (Å²) >= 11 is 0. The molecule has 2 unspecified atom stereocenters. The topological polar surface area (TPSA) is 60.8 Å². The average Bonchev–Trinajstić information content (AvgIpc) is 2.76. The number of aliphatic hydroxyl groups is 1. The molecule has 21 heavy (non-hydrogen) atoms. The van der Waals surface area contributed by atoms with Crippen molar-refractivity contribution in [1.82, 2.24) is 4.90 Å². The largest absolute Gasteiger partial charge is 0.481 e. The molecule has 2 N–H and O–H groups in total. The molecule has 0 saturated carbocycles. The Balaban J connectivity index is 0.000000383. The first kappa shape index (κ1) is 17.4. The molecule has 4 nitrogen and oxygen atoms in total. The van der Waals surface area contributed by atoms with Crippen LogP contribution in [0.1, 0.15) is 25.3 Å². The van der Waals surface area contributed by atoms with Crippen LogP contribution < -0.4 is 0 Å². The lowest BCUT2D eigenvalue weighted by Crippen LogP contribution is -2.34. The highest BCUT2D eigenvalue weighted by atomic mass is 16.4. The third-order valence-corrected chi connectivity index (χ3v) is 3.75. The number of nitrogens with zero attached hydrogens (tertiary/aromatic N) is 1. The first-order chi connectivity index (χ1) is 9.93. The molecule has 0 radical (unpaired) electrons. The van der Waals surface area contributed by atoms with Gasteiger partial charge in [0.15, 0.2) is 0 Å². The van der Waals surface area contributed by atoms with E-state index in [4.69, 9.17) is 5.11 Å². The van der Waals surface area contributed by atoms with Crippen LogP contribution in [0.25, 0.3) is 0 Å². The Hall–Kier alpha value is -1.65. The van der Waals surface area contributed by atoms with E-state index in [1.165, 1.54) is 0 Å². The molecule has 1 fully saturated rings. The lowest BCUT2D eigenvalue weighted by molar-refractivity contribution is -0.136. The number of aliphatic carboxylic acids is 1. The molecule has 0 amide bonds. The molecule has 1 heterocycles. The number of hydrogen-bond donors (Lipinski definition) is 2. The van der Waals surface area contributed by atoms with Crippen molar-refractivity contribution in [3.8, 4) is 0 Å². The summed E-state index contributed by atoms with van der Waals surface area (Å²) in [5.74, 6) is -0.498. The standard InChI is InChI=1S/C14H19NO.C3H6O2/c1-3-7-13-10-15(2)11-14(13,16)12-8-5-4-6-9-12;1-2-3(4)5/h3-6,8-9,13,16H,1,7,10-11H2,2H3;2H2,1H3,(H,4,5). The number of carbonyl (C=O) groups is 1. The van der Waals surface area contributed by atoms with Gasteiger partial charge in [0.05, 0.1) is 0 Å². The first-order valence-corrected chi connectivity index (χ1v) is 7.23. The fourth-order valence-electron chi connectivity index (χ4n) is 2.66. The van der Waals surface area contributed by atoms with Gasteiger partial charge in [-0.1, -0.05) is 43.3 Å². The van der Waals surface area contributed by atoms with Crippen LogP contribution in [0, 0.1) is 5.92 Å². The van der Waals surface area contributed by atoms with Crippen LogP contribution in [0.5, 0.6) is 0 Å².